The van der Waals surface area contributed by atoms with Gasteiger partial charge in [-0.15, -0.1) is 0 Å². The summed E-state index contributed by atoms with van der Waals surface area (Å²) in [5.41, 5.74) is 4.04. The Morgan fingerprint density at radius 2 is 0.871 bits per heavy atom. The zero-order valence-electron chi connectivity index (χ0n) is 18.5. The molecule has 0 aliphatic rings. The lowest BCUT2D eigenvalue weighted by Gasteiger charge is -2.23. The molecule has 4 nitrogen and oxygen atoms in total. The lowest BCUT2D eigenvalue weighted by Crippen LogP contribution is -2.38. The summed E-state index contributed by atoms with van der Waals surface area (Å²) in [6.07, 6.45) is 0. The Hall–Kier alpha value is -2.50. The first-order chi connectivity index (χ1) is 15.4. The van der Waals surface area contributed by atoms with Crippen molar-refractivity contribution in [2.24, 2.45) is 0 Å². The molecule has 0 saturated carbocycles. The minimum absolute atomic E-state index is 0.922. The van der Waals surface area contributed by atoms with Crippen molar-refractivity contribution in [2.75, 3.05) is 39.3 Å². The van der Waals surface area contributed by atoms with Gasteiger partial charge in [-0.3, -0.25) is 4.90 Å². The molecule has 3 rings (SSSR count). The lowest BCUT2D eigenvalue weighted by atomic mass is 10.2. The maximum absolute atomic E-state index is 3.58. The van der Waals surface area contributed by atoms with Crippen LogP contribution in [0.5, 0.6) is 0 Å². The third kappa shape index (κ3) is 9.90. The predicted molar refractivity (Wildman–Crippen MR) is 131 cm³/mol. The van der Waals surface area contributed by atoms with Crippen molar-refractivity contribution >= 4 is 0 Å². The van der Waals surface area contributed by atoms with Crippen molar-refractivity contribution in [1.29, 1.82) is 0 Å². The zero-order chi connectivity index (χ0) is 21.4. The Kier molecular flexibility index (Phi) is 10.8. The van der Waals surface area contributed by atoms with Crippen LogP contribution in [0.2, 0.25) is 0 Å². The van der Waals surface area contributed by atoms with E-state index in [0.29, 0.717) is 0 Å². The largest absolute Gasteiger partial charge is 0.314 e. The molecule has 164 valence electrons. The highest BCUT2D eigenvalue weighted by atomic mass is 15.1. The second kappa shape index (κ2) is 14.5. The number of nitrogens with zero attached hydrogens (tertiary/aromatic N) is 1. The van der Waals surface area contributed by atoms with Crippen LogP contribution in [0.15, 0.2) is 91.0 Å². The van der Waals surface area contributed by atoms with E-state index in [1.165, 1.54) is 16.7 Å². The Balaban J connectivity index is 1.32. The molecule has 0 saturated heterocycles. The molecule has 3 aromatic rings. The van der Waals surface area contributed by atoms with Crippen molar-refractivity contribution in [3.63, 3.8) is 0 Å². The van der Waals surface area contributed by atoms with Gasteiger partial charge in [0.1, 0.15) is 0 Å². The fraction of sp³-hybridized carbons (Fsp3) is 0.333. The van der Waals surface area contributed by atoms with Crippen LogP contribution >= 0.6 is 0 Å². The molecule has 3 N–H and O–H groups in total. The highest BCUT2D eigenvalue weighted by molar-refractivity contribution is 5.15. The Bertz CT molecular complexity index is 808. The standard InChI is InChI=1S/C27H36N4/c1-4-10-25(11-5-1)22-29-17-16-28-18-20-31(24-27-14-8-3-9-15-27)21-19-30-23-26-12-6-2-7-13-26/h1-15,28-30H,16-24H2. The van der Waals surface area contributed by atoms with Gasteiger partial charge in [0.15, 0.2) is 0 Å². The van der Waals surface area contributed by atoms with Gasteiger partial charge >= 0.3 is 0 Å². The molecular formula is C27H36N4. The second-order valence-corrected chi connectivity index (χ2v) is 7.84. The summed E-state index contributed by atoms with van der Waals surface area (Å²) < 4.78 is 0. The molecule has 0 heterocycles. The average molecular weight is 417 g/mol. The minimum atomic E-state index is 0.922. The van der Waals surface area contributed by atoms with E-state index in [1.807, 2.05) is 0 Å². The van der Waals surface area contributed by atoms with E-state index >= 15 is 0 Å². The van der Waals surface area contributed by atoms with Gasteiger partial charge in [-0.1, -0.05) is 91.0 Å². The number of hydrogen-bond donors (Lipinski definition) is 3. The first kappa shape index (κ1) is 23.2. The van der Waals surface area contributed by atoms with Crippen molar-refractivity contribution < 1.29 is 0 Å². The summed E-state index contributed by atoms with van der Waals surface area (Å²) in [5.74, 6) is 0. The van der Waals surface area contributed by atoms with Crippen LogP contribution in [0, 0.1) is 0 Å². The van der Waals surface area contributed by atoms with E-state index in [-0.39, 0.29) is 0 Å². The van der Waals surface area contributed by atoms with Crippen molar-refractivity contribution in [3.8, 4) is 0 Å². The minimum Gasteiger partial charge on any atom is -0.314 e. The van der Waals surface area contributed by atoms with E-state index < -0.39 is 0 Å². The molecule has 0 amide bonds. The van der Waals surface area contributed by atoms with Crippen molar-refractivity contribution in [3.05, 3.63) is 108 Å². The van der Waals surface area contributed by atoms with E-state index in [0.717, 1.165) is 58.9 Å². The van der Waals surface area contributed by atoms with Gasteiger partial charge < -0.3 is 16.0 Å². The summed E-state index contributed by atoms with van der Waals surface area (Å²) in [4.78, 5) is 2.53. The van der Waals surface area contributed by atoms with Crippen molar-refractivity contribution in [2.45, 2.75) is 19.6 Å². The van der Waals surface area contributed by atoms with Crippen LogP contribution in [0.3, 0.4) is 0 Å². The predicted octanol–water partition coefficient (Wildman–Crippen LogP) is 3.66. The molecule has 0 atom stereocenters. The smallest absolute Gasteiger partial charge is 0.0234 e. The molecule has 31 heavy (non-hydrogen) atoms. The summed E-state index contributed by atoms with van der Waals surface area (Å²) in [6, 6.07) is 31.9. The Morgan fingerprint density at radius 1 is 0.452 bits per heavy atom. The summed E-state index contributed by atoms with van der Waals surface area (Å²) in [5, 5.41) is 10.7. The second-order valence-electron chi connectivity index (χ2n) is 7.84. The van der Waals surface area contributed by atoms with Gasteiger partial charge in [0, 0.05) is 58.9 Å². The summed E-state index contributed by atoms with van der Waals surface area (Å²) in [7, 11) is 0. The molecule has 3 aromatic carbocycles. The molecule has 0 aliphatic heterocycles. The monoisotopic (exact) mass is 416 g/mol. The normalized spacial score (nSPS) is 11.1. The lowest BCUT2D eigenvalue weighted by molar-refractivity contribution is 0.264. The molecule has 0 spiro atoms. The van der Waals surface area contributed by atoms with Crippen LogP contribution in [0.4, 0.5) is 0 Å². The summed E-state index contributed by atoms with van der Waals surface area (Å²) >= 11 is 0. The third-order valence-electron chi connectivity index (χ3n) is 5.28. The topological polar surface area (TPSA) is 39.3 Å². The van der Waals surface area contributed by atoms with E-state index in [2.05, 4.69) is 112 Å². The molecular weight excluding hydrogens is 380 g/mol. The van der Waals surface area contributed by atoms with Crippen LogP contribution in [-0.4, -0.2) is 44.2 Å². The number of hydrogen-bond acceptors (Lipinski definition) is 4. The molecule has 0 radical (unpaired) electrons. The fourth-order valence-corrected chi connectivity index (χ4v) is 3.54. The molecule has 4 heteroatoms. The molecule has 0 bridgehead atoms. The van der Waals surface area contributed by atoms with Gasteiger partial charge in [-0.05, 0) is 16.7 Å². The van der Waals surface area contributed by atoms with E-state index in [4.69, 9.17) is 0 Å². The van der Waals surface area contributed by atoms with E-state index in [1.54, 1.807) is 0 Å². The molecule has 0 aromatic heterocycles. The molecule has 0 aliphatic carbocycles. The number of nitrogens with one attached hydrogen (secondary N) is 3. The van der Waals surface area contributed by atoms with Gasteiger partial charge in [0.05, 0.1) is 0 Å². The van der Waals surface area contributed by atoms with Crippen LogP contribution in [0.1, 0.15) is 16.7 Å². The van der Waals surface area contributed by atoms with Gasteiger partial charge in [-0.25, -0.2) is 0 Å². The number of benzene rings is 3. The molecule has 0 unspecified atom stereocenters. The van der Waals surface area contributed by atoms with E-state index in [9.17, 15) is 0 Å². The van der Waals surface area contributed by atoms with Crippen LogP contribution < -0.4 is 16.0 Å². The first-order valence-corrected chi connectivity index (χ1v) is 11.4. The number of rotatable bonds is 15. The highest BCUT2D eigenvalue weighted by Crippen LogP contribution is 2.04. The van der Waals surface area contributed by atoms with Gasteiger partial charge in [0.25, 0.3) is 0 Å². The maximum atomic E-state index is 3.58. The SMILES string of the molecule is c1ccc(CNCCNCCN(CCNCc2ccccc2)Cc2ccccc2)cc1. The fourth-order valence-electron chi connectivity index (χ4n) is 3.54. The Morgan fingerprint density at radius 3 is 1.42 bits per heavy atom. The summed E-state index contributed by atoms with van der Waals surface area (Å²) in [6.45, 7) is 8.86. The van der Waals surface area contributed by atoms with Gasteiger partial charge in [-0.2, -0.15) is 0 Å². The van der Waals surface area contributed by atoms with Crippen molar-refractivity contribution in [1.82, 2.24) is 20.9 Å². The third-order valence-corrected chi connectivity index (χ3v) is 5.28. The first-order valence-electron chi connectivity index (χ1n) is 11.4. The van der Waals surface area contributed by atoms with Gasteiger partial charge in [0.2, 0.25) is 0 Å². The quantitative estimate of drug-likeness (QED) is 0.331. The molecule has 0 fully saturated rings. The average Bonchev–Trinajstić information content (AvgIpc) is 2.83. The van der Waals surface area contributed by atoms with Crippen LogP contribution in [0.25, 0.3) is 0 Å². The zero-order valence-corrected chi connectivity index (χ0v) is 18.5. The Labute approximate surface area is 187 Å². The maximum Gasteiger partial charge on any atom is 0.0234 e. The highest BCUT2D eigenvalue weighted by Gasteiger charge is 2.06. The van der Waals surface area contributed by atoms with Crippen LogP contribution in [-0.2, 0) is 19.6 Å².